The fourth-order valence-corrected chi connectivity index (χ4v) is 9.54. The zero-order chi connectivity index (χ0) is 33.2. The van der Waals surface area contributed by atoms with Gasteiger partial charge in [-0.05, 0) is 58.5 Å². The Kier molecular flexibility index (Phi) is 5.35. The second-order valence-electron chi connectivity index (χ2n) is 13.3. The molecule has 12 rings (SSSR count). The normalized spacial score (nSPS) is 12.3. The minimum atomic E-state index is 0.676. The van der Waals surface area contributed by atoms with E-state index < -0.39 is 0 Å². The Labute approximate surface area is 295 Å². The molecule has 4 nitrogen and oxygen atoms in total. The van der Waals surface area contributed by atoms with E-state index in [0.29, 0.717) is 5.95 Å². The Morgan fingerprint density at radius 1 is 0.510 bits per heavy atom. The number of para-hydroxylation sites is 2. The zero-order valence-corrected chi connectivity index (χ0v) is 27.9. The lowest BCUT2D eigenvalue weighted by Gasteiger charge is -2.11. The van der Waals surface area contributed by atoms with E-state index in [9.17, 15) is 0 Å². The van der Waals surface area contributed by atoms with Gasteiger partial charge in [0.25, 0.3) is 0 Å². The van der Waals surface area contributed by atoms with Gasteiger partial charge in [0.1, 0.15) is 11.3 Å². The first-order valence-corrected chi connectivity index (χ1v) is 18.0. The fourth-order valence-electron chi connectivity index (χ4n) is 8.39. The summed E-state index contributed by atoms with van der Waals surface area (Å²) in [6, 6.07) is 54.0. The number of hydrogen-bond donors (Lipinski definition) is 0. The first-order chi connectivity index (χ1) is 25.3. The SMILES string of the molecule is c1ccc(-c2nc(-n3c4ccccc4c4cc(-c5ccc6c7c(cccc57)-c5c-6oc6ccccc56)ccc43)nc3c2sc2ccccc23)cc1. The van der Waals surface area contributed by atoms with Crippen molar-refractivity contribution in [2.24, 2.45) is 0 Å². The van der Waals surface area contributed by atoms with Crippen LogP contribution in [0.3, 0.4) is 0 Å². The lowest BCUT2D eigenvalue weighted by Crippen LogP contribution is -2.02. The molecule has 51 heavy (non-hydrogen) atoms. The van der Waals surface area contributed by atoms with Crippen molar-refractivity contribution in [2.45, 2.75) is 0 Å². The molecule has 0 fully saturated rings. The standard InChI is InChI=1S/C46H25N3OS/c1-2-11-26(12-3-1)42-45-43(32-15-6-9-20-39(32)51-45)48-46(47-42)49-36-18-7-4-13-29(36)35-25-27(21-24-37(35)49)28-22-23-34-40-30(28)16-10-17-33(40)41-31-14-5-8-19-38(31)50-44(34)41/h1-25H. The molecule has 4 heterocycles. The van der Waals surface area contributed by atoms with Gasteiger partial charge in [-0.2, -0.15) is 0 Å². The Bertz CT molecular complexity index is 3260. The van der Waals surface area contributed by atoms with Gasteiger partial charge in [0.05, 0.1) is 26.9 Å². The van der Waals surface area contributed by atoms with Gasteiger partial charge in [-0.25, -0.2) is 9.97 Å². The lowest BCUT2D eigenvalue weighted by atomic mass is 9.93. The monoisotopic (exact) mass is 667 g/mol. The number of fused-ring (bicyclic) bond motifs is 11. The van der Waals surface area contributed by atoms with Crippen LogP contribution in [-0.2, 0) is 0 Å². The van der Waals surface area contributed by atoms with Gasteiger partial charge in [-0.3, -0.25) is 4.57 Å². The lowest BCUT2D eigenvalue weighted by molar-refractivity contribution is 0.634. The summed E-state index contributed by atoms with van der Waals surface area (Å²) in [4.78, 5) is 10.7. The van der Waals surface area contributed by atoms with E-state index in [2.05, 4.69) is 150 Å². The van der Waals surface area contributed by atoms with Crippen LogP contribution in [0.5, 0.6) is 0 Å². The highest BCUT2D eigenvalue weighted by molar-refractivity contribution is 7.26. The summed E-state index contributed by atoms with van der Waals surface area (Å²) in [5.74, 6) is 1.65. The van der Waals surface area contributed by atoms with Gasteiger partial charge >= 0.3 is 0 Å². The van der Waals surface area contributed by atoms with Crippen molar-refractivity contribution in [3.63, 3.8) is 0 Å². The van der Waals surface area contributed by atoms with Gasteiger partial charge in [-0.15, -0.1) is 11.3 Å². The predicted octanol–water partition coefficient (Wildman–Crippen LogP) is 12.8. The van der Waals surface area contributed by atoms with Crippen molar-refractivity contribution >= 4 is 75.2 Å². The molecule has 0 saturated heterocycles. The predicted molar refractivity (Wildman–Crippen MR) is 212 cm³/mol. The van der Waals surface area contributed by atoms with Crippen molar-refractivity contribution in [1.29, 1.82) is 0 Å². The van der Waals surface area contributed by atoms with Crippen molar-refractivity contribution in [1.82, 2.24) is 14.5 Å². The second-order valence-corrected chi connectivity index (χ2v) is 14.3. The van der Waals surface area contributed by atoms with Crippen LogP contribution in [0.1, 0.15) is 0 Å². The van der Waals surface area contributed by atoms with E-state index in [0.717, 1.165) is 54.8 Å². The zero-order valence-electron chi connectivity index (χ0n) is 27.1. The molecule has 0 spiro atoms. The molecule has 0 N–H and O–H groups in total. The number of furan rings is 1. The third kappa shape index (κ3) is 3.68. The smallest absolute Gasteiger partial charge is 0.235 e. The van der Waals surface area contributed by atoms with E-state index in [-0.39, 0.29) is 0 Å². The van der Waals surface area contributed by atoms with Gasteiger partial charge in [0.2, 0.25) is 5.95 Å². The number of aromatic nitrogens is 3. The molecule has 0 bridgehead atoms. The number of rotatable bonds is 3. The van der Waals surface area contributed by atoms with Crippen molar-refractivity contribution in [2.75, 3.05) is 0 Å². The van der Waals surface area contributed by atoms with Gasteiger partial charge in [0.15, 0.2) is 0 Å². The highest BCUT2D eigenvalue weighted by Crippen LogP contribution is 2.53. The second kappa shape index (κ2) is 10.0. The van der Waals surface area contributed by atoms with Gasteiger partial charge in [0, 0.05) is 48.3 Å². The Hall–Kier alpha value is -6.56. The first kappa shape index (κ1) is 27.3. The molecule has 1 aliphatic carbocycles. The Morgan fingerprint density at radius 2 is 1.25 bits per heavy atom. The molecule has 7 aromatic carbocycles. The van der Waals surface area contributed by atoms with Gasteiger partial charge < -0.3 is 4.42 Å². The molecule has 0 unspecified atom stereocenters. The third-order valence-electron chi connectivity index (χ3n) is 10.6. The molecule has 0 aliphatic heterocycles. The molecule has 1 aliphatic rings. The number of hydrogen-bond acceptors (Lipinski definition) is 4. The molecular weight excluding hydrogens is 643 g/mol. The summed E-state index contributed by atoms with van der Waals surface area (Å²) in [6.07, 6.45) is 0. The van der Waals surface area contributed by atoms with Crippen LogP contribution < -0.4 is 0 Å². The van der Waals surface area contributed by atoms with Crippen LogP contribution in [0.2, 0.25) is 0 Å². The fraction of sp³-hybridized carbons (Fsp3) is 0. The van der Waals surface area contributed by atoms with Gasteiger partial charge in [-0.1, -0.05) is 115 Å². The van der Waals surface area contributed by atoms with E-state index in [1.165, 1.54) is 53.9 Å². The van der Waals surface area contributed by atoms with Crippen LogP contribution in [0.15, 0.2) is 156 Å². The molecule has 0 radical (unpaired) electrons. The highest BCUT2D eigenvalue weighted by atomic mass is 32.1. The maximum Gasteiger partial charge on any atom is 0.235 e. The summed E-state index contributed by atoms with van der Waals surface area (Å²) in [6.45, 7) is 0. The van der Waals surface area contributed by atoms with Crippen molar-refractivity contribution in [3.05, 3.63) is 152 Å². The minimum absolute atomic E-state index is 0.676. The Balaban J connectivity index is 1.10. The summed E-state index contributed by atoms with van der Waals surface area (Å²) in [5.41, 5.74) is 12.1. The molecule has 11 aromatic rings. The third-order valence-corrected chi connectivity index (χ3v) is 11.8. The van der Waals surface area contributed by atoms with Crippen LogP contribution in [0.4, 0.5) is 0 Å². The summed E-state index contributed by atoms with van der Waals surface area (Å²) in [7, 11) is 0. The largest absolute Gasteiger partial charge is 0.455 e. The summed E-state index contributed by atoms with van der Waals surface area (Å²) in [5, 5.41) is 7.15. The molecule has 0 saturated carbocycles. The number of thiophene rings is 1. The molecule has 0 amide bonds. The van der Waals surface area contributed by atoms with E-state index in [1.807, 2.05) is 6.07 Å². The van der Waals surface area contributed by atoms with Crippen LogP contribution in [-0.4, -0.2) is 14.5 Å². The molecule has 4 aromatic heterocycles. The minimum Gasteiger partial charge on any atom is -0.455 e. The quantitative estimate of drug-likeness (QED) is 0.188. The van der Waals surface area contributed by atoms with Crippen molar-refractivity contribution in [3.8, 4) is 50.8 Å². The molecular formula is C46H25N3OS. The Morgan fingerprint density at radius 3 is 2.18 bits per heavy atom. The molecule has 236 valence electrons. The molecule has 0 atom stereocenters. The van der Waals surface area contributed by atoms with E-state index in [4.69, 9.17) is 14.4 Å². The van der Waals surface area contributed by atoms with Crippen LogP contribution in [0, 0.1) is 0 Å². The summed E-state index contributed by atoms with van der Waals surface area (Å²) >= 11 is 1.76. The van der Waals surface area contributed by atoms with Crippen LogP contribution in [0.25, 0.3) is 115 Å². The number of benzene rings is 7. The highest BCUT2D eigenvalue weighted by Gasteiger charge is 2.29. The summed E-state index contributed by atoms with van der Waals surface area (Å²) < 4.78 is 11.0. The average Bonchev–Trinajstić information content (AvgIpc) is 3.93. The first-order valence-electron chi connectivity index (χ1n) is 17.2. The topological polar surface area (TPSA) is 43.9 Å². The average molecular weight is 668 g/mol. The van der Waals surface area contributed by atoms with Crippen molar-refractivity contribution < 1.29 is 4.42 Å². The van der Waals surface area contributed by atoms with Crippen LogP contribution >= 0.6 is 11.3 Å². The maximum absolute atomic E-state index is 6.45. The number of nitrogens with zero attached hydrogens (tertiary/aromatic N) is 3. The molecule has 5 heteroatoms. The maximum atomic E-state index is 6.45. The van der Waals surface area contributed by atoms with E-state index in [1.54, 1.807) is 11.3 Å². The van der Waals surface area contributed by atoms with E-state index >= 15 is 0 Å².